The zero-order valence-electron chi connectivity index (χ0n) is 17.9. The molecule has 1 saturated heterocycles. The van der Waals surface area contributed by atoms with Gasteiger partial charge in [-0.1, -0.05) is 32.1 Å². The van der Waals surface area contributed by atoms with Crippen molar-refractivity contribution in [3.05, 3.63) is 17.7 Å². The van der Waals surface area contributed by atoms with E-state index < -0.39 is 0 Å². The Kier molecular flexibility index (Phi) is 7.86. The van der Waals surface area contributed by atoms with Crippen molar-refractivity contribution in [2.45, 2.75) is 69.9 Å². The predicted molar refractivity (Wildman–Crippen MR) is 119 cm³/mol. The summed E-state index contributed by atoms with van der Waals surface area (Å²) >= 11 is 0. The van der Waals surface area contributed by atoms with Gasteiger partial charge in [0.25, 0.3) is 5.91 Å². The summed E-state index contributed by atoms with van der Waals surface area (Å²) in [6, 6.07) is 4.39. The highest BCUT2D eigenvalue weighted by molar-refractivity contribution is 6.45. The molecule has 1 amide bonds. The van der Waals surface area contributed by atoms with Gasteiger partial charge in [0.2, 0.25) is 0 Å². The SMILES string of the molecule is CNc1nc(NC2CCCCCCC2)ccc1C(=N)C(=O)N(C)C1CCNCC1. The van der Waals surface area contributed by atoms with Gasteiger partial charge in [0.15, 0.2) is 0 Å². The summed E-state index contributed by atoms with van der Waals surface area (Å²) in [5.41, 5.74) is 0.557. The van der Waals surface area contributed by atoms with E-state index in [2.05, 4.69) is 20.9 Å². The number of nitrogens with one attached hydrogen (secondary N) is 4. The second kappa shape index (κ2) is 10.6. The number of amides is 1. The maximum atomic E-state index is 12.9. The molecule has 3 rings (SSSR count). The molecule has 0 atom stereocenters. The van der Waals surface area contributed by atoms with E-state index in [9.17, 15) is 4.79 Å². The number of carbonyl (C=O) groups is 1. The number of aromatic nitrogens is 1. The zero-order valence-corrected chi connectivity index (χ0v) is 17.9. The quantitative estimate of drug-likeness (QED) is 0.550. The Morgan fingerprint density at radius 1 is 1.10 bits per heavy atom. The minimum atomic E-state index is -0.240. The van der Waals surface area contributed by atoms with Crippen LogP contribution in [0.2, 0.25) is 0 Å². The van der Waals surface area contributed by atoms with Crippen LogP contribution in [-0.4, -0.2) is 60.8 Å². The predicted octanol–water partition coefficient (Wildman–Crippen LogP) is 3.23. The van der Waals surface area contributed by atoms with Crippen molar-refractivity contribution in [3.8, 4) is 0 Å². The summed E-state index contributed by atoms with van der Waals surface area (Å²) in [7, 11) is 3.60. The first-order chi connectivity index (χ1) is 14.1. The maximum Gasteiger partial charge on any atom is 0.272 e. The molecule has 2 aliphatic rings. The summed E-state index contributed by atoms with van der Waals surface area (Å²) < 4.78 is 0. The Hall–Kier alpha value is -2.15. The van der Waals surface area contributed by atoms with Crippen LogP contribution in [0, 0.1) is 5.41 Å². The average molecular weight is 401 g/mol. The molecule has 0 bridgehead atoms. The van der Waals surface area contributed by atoms with Crippen LogP contribution in [0.1, 0.15) is 63.4 Å². The van der Waals surface area contributed by atoms with Gasteiger partial charge in [-0.05, 0) is 50.9 Å². The molecule has 0 unspecified atom stereocenters. The van der Waals surface area contributed by atoms with Gasteiger partial charge in [0.1, 0.15) is 17.3 Å². The number of piperidine rings is 1. The van der Waals surface area contributed by atoms with Crippen molar-refractivity contribution in [1.82, 2.24) is 15.2 Å². The number of hydrogen-bond donors (Lipinski definition) is 4. The molecule has 1 saturated carbocycles. The summed E-state index contributed by atoms with van der Waals surface area (Å²) in [5.74, 6) is 1.16. The molecule has 0 spiro atoms. The van der Waals surface area contributed by atoms with Crippen LogP contribution in [-0.2, 0) is 4.79 Å². The van der Waals surface area contributed by atoms with E-state index >= 15 is 0 Å². The highest BCUT2D eigenvalue weighted by Gasteiger charge is 2.26. The van der Waals surface area contributed by atoms with Crippen molar-refractivity contribution in [3.63, 3.8) is 0 Å². The van der Waals surface area contributed by atoms with Crippen LogP contribution in [0.15, 0.2) is 12.1 Å². The van der Waals surface area contributed by atoms with Crippen LogP contribution in [0.4, 0.5) is 11.6 Å². The molecule has 7 heteroatoms. The molecule has 1 aromatic heterocycles. The number of carbonyl (C=O) groups excluding carboxylic acids is 1. The first-order valence-corrected chi connectivity index (χ1v) is 11.1. The van der Waals surface area contributed by atoms with Gasteiger partial charge < -0.3 is 20.9 Å². The van der Waals surface area contributed by atoms with Crippen molar-refractivity contribution < 1.29 is 4.79 Å². The number of anilines is 2. The Labute approximate surface area is 174 Å². The third kappa shape index (κ3) is 5.69. The summed E-state index contributed by atoms with van der Waals surface area (Å²) in [6.07, 6.45) is 10.7. The van der Waals surface area contributed by atoms with E-state index in [0.717, 1.165) is 31.7 Å². The number of pyridine rings is 1. The fourth-order valence-electron chi connectivity index (χ4n) is 4.39. The van der Waals surface area contributed by atoms with E-state index in [1.807, 2.05) is 19.2 Å². The van der Waals surface area contributed by atoms with Gasteiger partial charge in [-0.3, -0.25) is 10.2 Å². The normalized spacial score (nSPS) is 19.1. The molecule has 1 aromatic rings. The minimum Gasteiger partial charge on any atom is -0.373 e. The molecule has 160 valence electrons. The number of nitrogens with zero attached hydrogens (tertiary/aromatic N) is 2. The third-order valence-corrected chi connectivity index (χ3v) is 6.25. The highest BCUT2D eigenvalue weighted by Crippen LogP contribution is 2.23. The van der Waals surface area contributed by atoms with Crippen LogP contribution >= 0.6 is 0 Å². The third-order valence-electron chi connectivity index (χ3n) is 6.25. The Balaban J connectivity index is 1.68. The van der Waals surface area contributed by atoms with Gasteiger partial charge in [0.05, 0.1) is 0 Å². The van der Waals surface area contributed by atoms with Crippen LogP contribution in [0.5, 0.6) is 0 Å². The van der Waals surface area contributed by atoms with Crippen LogP contribution < -0.4 is 16.0 Å². The molecule has 0 radical (unpaired) electrons. The molecule has 2 fully saturated rings. The first kappa shape index (κ1) is 21.6. The highest BCUT2D eigenvalue weighted by atomic mass is 16.2. The topological polar surface area (TPSA) is 93.1 Å². The van der Waals surface area contributed by atoms with Gasteiger partial charge in [-0.2, -0.15) is 0 Å². The largest absolute Gasteiger partial charge is 0.373 e. The molecule has 2 heterocycles. The van der Waals surface area contributed by atoms with Crippen LogP contribution in [0.3, 0.4) is 0 Å². The van der Waals surface area contributed by atoms with Crippen molar-refractivity contribution in [1.29, 1.82) is 5.41 Å². The fraction of sp³-hybridized carbons (Fsp3) is 0.682. The van der Waals surface area contributed by atoms with Gasteiger partial charge in [0, 0.05) is 31.7 Å². The molecule has 7 nitrogen and oxygen atoms in total. The zero-order chi connectivity index (χ0) is 20.6. The lowest BCUT2D eigenvalue weighted by molar-refractivity contribution is -0.125. The molecular weight excluding hydrogens is 364 g/mol. The van der Waals surface area contributed by atoms with Gasteiger partial charge in [-0.15, -0.1) is 0 Å². The van der Waals surface area contributed by atoms with Crippen molar-refractivity contribution >= 4 is 23.3 Å². The Morgan fingerprint density at radius 3 is 2.41 bits per heavy atom. The maximum absolute atomic E-state index is 12.9. The van der Waals surface area contributed by atoms with E-state index in [-0.39, 0.29) is 17.7 Å². The smallest absolute Gasteiger partial charge is 0.272 e. The molecule has 29 heavy (non-hydrogen) atoms. The lowest BCUT2D eigenvalue weighted by Gasteiger charge is -2.31. The van der Waals surface area contributed by atoms with Gasteiger partial charge in [-0.25, -0.2) is 4.98 Å². The van der Waals surface area contributed by atoms with E-state index in [4.69, 9.17) is 5.41 Å². The first-order valence-electron chi connectivity index (χ1n) is 11.1. The second-order valence-electron chi connectivity index (χ2n) is 8.30. The van der Waals surface area contributed by atoms with E-state index in [1.165, 1.54) is 44.9 Å². The standard InChI is InChI=1S/C22H36N6O/c1-24-21-18(20(23)22(29)28(2)17-12-14-25-15-13-17)10-11-19(27-21)26-16-8-6-4-3-5-7-9-16/h10-11,16-17,23,25H,3-9,12-15H2,1-2H3,(H2,24,26,27). The van der Waals surface area contributed by atoms with E-state index in [0.29, 0.717) is 17.4 Å². The molecule has 1 aliphatic carbocycles. The molecule has 0 aromatic carbocycles. The van der Waals surface area contributed by atoms with Crippen molar-refractivity contribution in [2.75, 3.05) is 37.8 Å². The Morgan fingerprint density at radius 2 is 1.76 bits per heavy atom. The second-order valence-corrected chi connectivity index (χ2v) is 8.30. The number of likely N-dealkylation sites (N-methyl/N-ethyl adjacent to an activating group) is 1. The molecule has 1 aliphatic heterocycles. The summed E-state index contributed by atoms with van der Waals surface area (Å²) in [4.78, 5) is 19.3. The lowest BCUT2D eigenvalue weighted by atomic mass is 9.97. The average Bonchev–Trinajstić information content (AvgIpc) is 2.74. The van der Waals surface area contributed by atoms with Crippen LogP contribution in [0.25, 0.3) is 0 Å². The summed E-state index contributed by atoms with van der Waals surface area (Å²) in [6.45, 7) is 1.83. The number of rotatable bonds is 6. The lowest BCUT2D eigenvalue weighted by Crippen LogP contribution is -2.46. The van der Waals surface area contributed by atoms with E-state index in [1.54, 1.807) is 11.9 Å². The molecule has 4 N–H and O–H groups in total. The van der Waals surface area contributed by atoms with Gasteiger partial charge >= 0.3 is 0 Å². The Bertz CT molecular complexity index is 693. The van der Waals surface area contributed by atoms with Crippen molar-refractivity contribution in [2.24, 2.45) is 0 Å². The minimum absolute atomic E-state index is 0.000358. The summed E-state index contributed by atoms with van der Waals surface area (Å²) in [5, 5.41) is 18.5. The fourth-order valence-corrected chi connectivity index (χ4v) is 4.39. The number of hydrogen-bond acceptors (Lipinski definition) is 6. The molecular formula is C22H36N6O. The monoisotopic (exact) mass is 400 g/mol.